The minimum Gasteiger partial charge on any atom is -0.481 e. The Bertz CT molecular complexity index is 1160. The van der Waals surface area contributed by atoms with Crippen molar-refractivity contribution in [1.29, 1.82) is 5.26 Å². The fourth-order valence-corrected chi connectivity index (χ4v) is 4.78. The van der Waals surface area contributed by atoms with E-state index in [2.05, 4.69) is 15.6 Å². The van der Waals surface area contributed by atoms with Gasteiger partial charge in [-0.25, -0.2) is 8.78 Å². The Morgan fingerprint density at radius 1 is 1.25 bits per heavy atom. The second kappa shape index (κ2) is 14.7. The lowest BCUT2D eigenvalue weighted by molar-refractivity contribution is -0.142. The molecular weight excluding hydrogens is 548 g/mol. The van der Waals surface area contributed by atoms with Gasteiger partial charge in [0, 0.05) is 43.2 Å². The number of Topliss-reactive ketones (excluding diaryl/α,β-unsaturated/α-hetero) is 1. The molecule has 1 aliphatic heterocycles. The number of hydrogen-bond acceptors (Lipinski definition) is 8. The molecular formula is C26H33F2N5O6S. The summed E-state index contributed by atoms with van der Waals surface area (Å²) in [5.41, 5.74) is 0.420. The van der Waals surface area contributed by atoms with Gasteiger partial charge in [-0.3, -0.25) is 29.0 Å². The molecule has 2 heterocycles. The monoisotopic (exact) mass is 581 g/mol. The molecule has 0 aromatic carbocycles. The average molecular weight is 582 g/mol. The van der Waals surface area contributed by atoms with Crippen LogP contribution in [0.1, 0.15) is 62.5 Å². The van der Waals surface area contributed by atoms with Crippen LogP contribution in [0.3, 0.4) is 0 Å². The zero-order chi connectivity index (χ0) is 30.0. The Morgan fingerprint density at radius 2 is 1.95 bits per heavy atom. The number of thioether (sulfide) groups is 1. The van der Waals surface area contributed by atoms with Crippen LogP contribution in [0.2, 0.25) is 0 Å². The highest BCUT2D eigenvalue weighted by molar-refractivity contribution is 7.99. The predicted octanol–water partition coefficient (Wildman–Crippen LogP) is 2.16. The summed E-state index contributed by atoms with van der Waals surface area (Å²) in [6.07, 6.45) is 0.157. The number of carboxylic acid groups (broad SMARTS) is 1. The quantitative estimate of drug-likeness (QED) is 0.298. The molecule has 0 radical (unpaired) electrons. The Labute approximate surface area is 235 Å². The number of carboxylic acids is 1. The fourth-order valence-electron chi connectivity index (χ4n) is 3.90. The molecule has 3 amide bonds. The van der Waals surface area contributed by atoms with Gasteiger partial charge in [0.1, 0.15) is 17.9 Å². The molecule has 0 aliphatic carbocycles. The first kappa shape index (κ1) is 32.6. The third-order valence-electron chi connectivity index (χ3n) is 6.05. The SMILES string of the molecule is CC(C)SCC(CC(=O)CCC(=O)NCc1cc(C(=O)N[C@H](C)C(=O)N2CC(F)(F)C[C@H]2C#N)ccn1)C(=O)O. The molecule has 1 fully saturated rings. The number of amides is 3. The van der Waals surface area contributed by atoms with E-state index < -0.39 is 60.6 Å². The van der Waals surface area contributed by atoms with Crippen molar-refractivity contribution in [3.8, 4) is 6.07 Å². The smallest absolute Gasteiger partial charge is 0.307 e. The first-order valence-corrected chi connectivity index (χ1v) is 13.7. The average Bonchev–Trinajstić information content (AvgIpc) is 3.22. The van der Waals surface area contributed by atoms with Gasteiger partial charge in [-0.2, -0.15) is 17.0 Å². The highest BCUT2D eigenvalue weighted by Crippen LogP contribution is 2.32. The van der Waals surface area contributed by atoms with Crippen molar-refractivity contribution in [3.05, 3.63) is 29.6 Å². The van der Waals surface area contributed by atoms with Gasteiger partial charge in [-0.15, -0.1) is 0 Å². The Morgan fingerprint density at radius 3 is 2.58 bits per heavy atom. The van der Waals surface area contributed by atoms with Crippen LogP contribution < -0.4 is 10.6 Å². The number of hydrogen-bond donors (Lipinski definition) is 3. The fraction of sp³-hybridized carbons (Fsp3) is 0.577. The summed E-state index contributed by atoms with van der Waals surface area (Å²) in [4.78, 5) is 65.9. The number of halogens is 2. The van der Waals surface area contributed by atoms with Crippen molar-refractivity contribution in [2.75, 3.05) is 12.3 Å². The molecule has 1 aromatic heterocycles. The van der Waals surface area contributed by atoms with Gasteiger partial charge < -0.3 is 20.6 Å². The lowest BCUT2D eigenvalue weighted by Gasteiger charge is -2.23. The van der Waals surface area contributed by atoms with Crippen molar-refractivity contribution in [2.24, 2.45) is 5.92 Å². The van der Waals surface area contributed by atoms with E-state index in [0.717, 1.165) is 4.90 Å². The number of nitrogens with zero attached hydrogens (tertiary/aromatic N) is 3. The van der Waals surface area contributed by atoms with Gasteiger partial charge in [-0.05, 0) is 24.3 Å². The van der Waals surface area contributed by atoms with E-state index in [0.29, 0.717) is 11.4 Å². The van der Waals surface area contributed by atoms with Crippen molar-refractivity contribution in [3.63, 3.8) is 0 Å². The maximum atomic E-state index is 13.7. The van der Waals surface area contributed by atoms with Crippen LogP contribution in [0.5, 0.6) is 0 Å². The molecule has 1 unspecified atom stereocenters. The molecule has 0 saturated carbocycles. The van der Waals surface area contributed by atoms with Gasteiger partial charge in [0.15, 0.2) is 0 Å². The second-order valence-electron chi connectivity index (χ2n) is 9.84. The van der Waals surface area contributed by atoms with Crippen LogP contribution in [-0.4, -0.2) is 80.0 Å². The van der Waals surface area contributed by atoms with E-state index in [1.54, 1.807) is 6.07 Å². The molecule has 1 aliphatic rings. The molecule has 40 heavy (non-hydrogen) atoms. The maximum Gasteiger partial charge on any atom is 0.307 e. The molecule has 14 heteroatoms. The number of carbonyl (C=O) groups is 5. The summed E-state index contributed by atoms with van der Waals surface area (Å²) in [6, 6.07) is 1.98. The number of carbonyl (C=O) groups excluding carboxylic acids is 4. The first-order chi connectivity index (χ1) is 18.7. The van der Waals surface area contributed by atoms with E-state index in [9.17, 15) is 37.9 Å². The second-order valence-corrected chi connectivity index (χ2v) is 11.4. The van der Waals surface area contributed by atoms with Gasteiger partial charge in [0.2, 0.25) is 11.8 Å². The molecule has 11 nitrogen and oxygen atoms in total. The Balaban J connectivity index is 1.84. The number of pyridine rings is 1. The van der Waals surface area contributed by atoms with E-state index in [4.69, 9.17) is 5.26 Å². The van der Waals surface area contributed by atoms with Gasteiger partial charge in [0.05, 0.1) is 30.8 Å². The zero-order valence-corrected chi connectivity index (χ0v) is 23.3. The van der Waals surface area contributed by atoms with Crippen LogP contribution in [-0.2, 0) is 25.7 Å². The summed E-state index contributed by atoms with van der Waals surface area (Å²) in [6.45, 7) is 4.24. The van der Waals surface area contributed by atoms with Gasteiger partial charge >= 0.3 is 5.97 Å². The number of alkyl halides is 2. The number of aromatic nitrogens is 1. The number of likely N-dealkylation sites (tertiary alicyclic amines) is 1. The summed E-state index contributed by atoms with van der Waals surface area (Å²) < 4.78 is 27.3. The van der Waals surface area contributed by atoms with Crippen LogP contribution >= 0.6 is 11.8 Å². The standard InChI is InChI=1S/C26H33F2N5O6S/c1-15(2)40-13-18(25(38)39)9-21(34)4-5-22(35)31-12-19-8-17(6-7-30-19)23(36)32-16(3)24(37)33-14-26(27,28)10-20(33)11-29/h6-8,15-16,18,20H,4-5,9-10,12-14H2,1-3H3,(H,31,35)(H,32,36)(H,38,39)/t16-,18?,20+/m1/s1. The lowest BCUT2D eigenvalue weighted by Crippen LogP contribution is -2.48. The normalized spacial score (nSPS) is 17.5. The molecule has 1 aromatic rings. The number of nitrogens with one attached hydrogen (secondary N) is 2. The minimum absolute atomic E-state index is 0.0574. The van der Waals surface area contributed by atoms with Crippen molar-refractivity contribution in [2.45, 2.75) is 76.3 Å². The van der Waals surface area contributed by atoms with Crippen LogP contribution in [0.25, 0.3) is 0 Å². The molecule has 0 bridgehead atoms. The number of nitriles is 1. The Kier molecular flexibility index (Phi) is 12.0. The Hall–Kier alpha value is -3.60. The summed E-state index contributed by atoms with van der Waals surface area (Å²) in [7, 11) is 0. The number of rotatable bonds is 14. The van der Waals surface area contributed by atoms with Crippen LogP contribution in [0.15, 0.2) is 18.3 Å². The van der Waals surface area contributed by atoms with E-state index in [1.807, 2.05) is 13.8 Å². The molecule has 218 valence electrons. The molecule has 1 saturated heterocycles. The van der Waals surface area contributed by atoms with Crippen LogP contribution in [0.4, 0.5) is 8.78 Å². The van der Waals surface area contributed by atoms with Gasteiger partial charge in [0.25, 0.3) is 11.8 Å². The molecule has 2 rings (SSSR count). The summed E-state index contributed by atoms with van der Waals surface area (Å²) in [5, 5.41) is 23.6. The van der Waals surface area contributed by atoms with Crippen molar-refractivity contribution in [1.82, 2.24) is 20.5 Å². The van der Waals surface area contributed by atoms with Crippen molar-refractivity contribution >= 4 is 41.2 Å². The lowest BCUT2D eigenvalue weighted by atomic mass is 10.0. The predicted molar refractivity (Wildman–Crippen MR) is 141 cm³/mol. The maximum absolute atomic E-state index is 13.7. The van der Waals surface area contributed by atoms with E-state index >= 15 is 0 Å². The van der Waals surface area contributed by atoms with E-state index in [-0.39, 0.29) is 42.4 Å². The highest BCUT2D eigenvalue weighted by atomic mass is 32.2. The highest BCUT2D eigenvalue weighted by Gasteiger charge is 2.48. The largest absolute Gasteiger partial charge is 0.481 e. The first-order valence-electron chi connectivity index (χ1n) is 12.7. The third kappa shape index (κ3) is 10.2. The topological polar surface area (TPSA) is 170 Å². The molecule has 0 spiro atoms. The minimum atomic E-state index is -3.18. The summed E-state index contributed by atoms with van der Waals surface area (Å²) in [5.74, 6) is -7.00. The number of aliphatic carboxylic acids is 1. The zero-order valence-electron chi connectivity index (χ0n) is 22.5. The summed E-state index contributed by atoms with van der Waals surface area (Å²) >= 11 is 1.45. The van der Waals surface area contributed by atoms with Gasteiger partial charge in [-0.1, -0.05) is 13.8 Å². The molecule has 3 atom stereocenters. The van der Waals surface area contributed by atoms with E-state index in [1.165, 1.54) is 37.0 Å². The van der Waals surface area contributed by atoms with Crippen LogP contribution in [0, 0.1) is 17.2 Å². The third-order valence-corrected chi connectivity index (χ3v) is 7.31. The molecule has 3 N–H and O–H groups in total. The van der Waals surface area contributed by atoms with Crippen molar-refractivity contribution < 1.29 is 37.9 Å². The number of ketones is 1.